The standard InChI is InChI=1S/C11H19ClN4/c1-8-6-13-10(12)15-9(8)14-7-11(2,3)16(4)5/h6H,7H2,1-5H3,(H,13,14,15). The van der Waals surface area contributed by atoms with Crippen LogP contribution in [0.4, 0.5) is 5.82 Å². The van der Waals surface area contributed by atoms with E-state index in [1.807, 2.05) is 6.92 Å². The summed E-state index contributed by atoms with van der Waals surface area (Å²) in [6.45, 7) is 7.09. The van der Waals surface area contributed by atoms with Gasteiger partial charge in [0.1, 0.15) is 5.82 Å². The third-order valence-electron chi connectivity index (χ3n) is 2.84. The highest BCUT2D eigenvalue weighted by atomic mass is 35.5. The molecule has 1 aromatic rings. The van der Waals surface area contributed by atoms with Gasteiger partial charge in [-0.2, -0.15) is 0 Å². The summed E-state index contributed by atoms with van der Waals surface area (Å²) in [5.41, 5.74) is 1.06. The molecule has 1 N–H and O–H groups in total. The van der Waals surface area contributed by atoms with Crippen molar-refractivity contribution in [1.29, 1.82) is 0 Å². The maximum Gasteiger partial charge on any atom is 0.224 e. The molecule has 1 aromatic heterocycles. The van der Waals surface area contributed by atoms with Crippen molar-refractivity contribution in [3.63, 3.8) is 0 Å². The Morgan fingerprint density at radius 1 is 1.44 bits per heavy atom. The van der Waals surface area contributed by atoms with Crippen LogP contribution in [0.5, 0.6) is 0 Å². The van der Waals surface area contributed by atoms with Gasteiger partial charge in [0.25, 0.3) is 0 Å². The monoisotopic (exact) mass is 242 g/mol. The Kier molecular flexibility index (Phi) is 4.10. The van der Waals surface area contributed by atoms with Gasteiger partial charge in [0.2, 0.25) is 5.28 Å². The van der Waals surface area contributed by atoms with Crippen molar-refractivity contribution >= 4 is 17.4 Å². The second kappa shape index (κ2) is 4.97. The number of anilines is 1. The Bertz CT molecular complexity index is 363. The van der Waals surface area contributed by atoms with Crippen LogP contribution in [0.1, 0.15) is 19.4 Å². The fraction of sp³-hybridized carbons (Fsp3) is 0.636. The van der Waals surface area contributed by atoms with Gasteiger partial charge in [-0.3, -0.25) is 0 Å². The first-order chi connectivity index (χ1) is 7.33. The van der Waals surface area contributed by atoms with Gasteiger partial charge in [0.15, 0.2) is 0 Å². The molecular formula is C11H19ClN4. The zero-order chi connectivity index (χ0) is 12.3. The number of hydrogen-bond donors (Lipinski definition) is 1. The maximum absolute atomic E-state index is 5.76. The number of likely N-dealkylation sites (N-methyl/N-ethyl adjacent to an activating group) is 1. The minimum absolute atomic E-state index is 0.0594. The van der Waals surface area contributed by atoms with Crippen molar-refractivity contribution in [3.8, 4) is 0 Å². The molecule has 0 aliphatic heterocycles. The van der Waals surface area contributed by atoms with Crippen LogP contribution in [0.15, 0.2) is 6.20 Å². The first kappa shape index (κ1) is 13.2. The van der Waals surface area contributed by atoms with Crippen LogP contribution in [-0.2, 0) is 0 Å². The van der Waals surface area contributed by atoms with Crippen molar-refractivity contribution in [2.24, 2.45) is 0 Å². The number of nitrogens with zero attached hydrogens (tertiary/aromatic N) is 3. The second-order valence-corrected chi connectivity index (χ2v) is 5.07. The van der Waals surface area contributed by atoms with E-state index in [0.717, 1.165) is 17.9 Å². The predicted octanol–water partition coefficient (Wildman–Crippen LogP) is 2.19. The van der Waals surface area contributed by atoms with Gasteiger partial charge in [-0.05, 0) is 46.5 Å². The molecule has 16 heavy (non-hydrogen) atoms. The third-order valence-corrected chi connectivity index (χ3v) is 3.02. The van der Waals surface area contributed by atoms with Crippen molar-refractivity contribution in [3.05, 3.63) is 17.0 Å². The van der Waals surface area contributed by atoms with Crippen LogP contribution >= 0.6 is 11.6 Å². The Hall–Kier alpha value is -0.870. The van der Waals surface area contributed by atoms with Gasteiger partial charge in [-0.1, -0.05) is 0 Å². The fourth-order valence-electron chi connectivity index (χ4n) is 1.06. The Morgan fingerprint density at radius 3 is 2.62 bits per heavy atom. The molecule has 0 amide bonds. The first-order valence-corrected chi connectivity index (χ1v) is 5.61. The van der Waals surface area contributed by atoms with Crippen molar-refractivity contribution < 1.29 is 0 Å². The first-order valence-electron chi connectivity index (χ1n) is 5.23. The number of aryl methyl sites for hydroxylation is 1. The van der Waals surface area contributed by atoms with E-state index in [9.17, 15) is 0 Å². The molecule has 0 aromatic carbocycles. The minimum atomic E-state index is 0.0594. The van der Waals surface area contributed by atoms with E-state index in [2.05, 4.69) is 48.1 Å². The summed E-state index contributed by atoms with van der Waals surface area (Å²) < 4.78 is 0. The molecule has 5 heteroatoms. The largest absolute Gasteiger partial charge is 0.368 e. The lowest BCUT2D eigenvalue weighted by Gasteiger charge is -2.33. The Balaban J connectivity index is 2.71. The van der Waals surface area contributed by atoms with E-state index in [4.69, 9.17) is 11.6 Å². The molecule has 0 saturated heterocycles. The van der Waals surface area contributed by atoms with E-state index in [1.165, 1.54) is 0 Å². The quantitative estimate of drug-likeness (QED) is 0.822. The minimum Gasteiger partial charge on any atom is -0.368 e. The highest BCUT2D eigenvalue weighted by molar-refractivity contribution is 6.28. The normalized spacial score (nSPS) is 11.9. The molecule has 0 aliphatic carbocycles. The maximum atomic E-state index is 5.76. The fourth-order valence-corrected chi connectivity index (χ4v) is 1.19. The molecule has 0 saturated carbocycles. The summed E-state index contributed by atoms with van der Waals surface area (Å²) in [5, 5.41) is 3.57. The summed E-state index contributed by atoms with van der Waals surface area (Å²) in [4.78, 5) is 10.2. The van der Waals surface area contributed by atoms with Gasteiger partial charge in [-0.15, -0.1) is 0 Å². The van der Waals surface area contributed by atoms with Crippen molar-refractivity contribution in [2.75, 3.05) is 26.0 Å². The molecule has 4 nitrogen and oxygen atoms in total. The summed E-state index contributed by atoms with van der Waals surface area (Å²) in [5.74, 6) is 0.801. The molecule has 0 aliphatic rings. The van der Waals surface area contributed by atoms with Crippen molar-refractivity contribution in [2.45, 2.75) is 26.3 Å². The third kappa shape index (κ3) is 3.32. The van der Waals surface area contributed by atoms with Crippen LogP contribution in [0, 0.1) is 6.92 Å². The lowest BCUT2D eigenvalue weighted by Crippen LogP contribution is -2.44. The van der Waals surface area contributed by atoms with E-state index >= 15 is 0 Å². The molecule has 0 spiro atoms. The predicted molar refractivity (Wildman–Crippen MR) is 68.0 cm³/mol. The topological polar surface area (TPSA) is 41.1 Å². The summed E-state index contributed by atoms with van der Waals surface area (Å²) in [7, 11) is 4.11. The van der Waals surface area contributed by atoms with Crippen LogP contribution in [0.3, 0.4) is 0 Å². The number of halogens is 1. The molecular weight excluding hydrogens is 224 g/mol. The Labute approximate surface area is 102 Å². The summed E-state index contributed by atoms with van der Waals surface area (Å²) >= 11 is 5.76. The van der Waals surface area contributed by atoms with Crippen molar-refractivity contribution in [1.82, 2.24) is 14.9 Å². The van der Waals surface area contributed by atoms with Gasteiger partial charge in [0, 0.05) is 23.8 Å². The molecule has 0 unspecified atom stereocenters. The van der Waals surface area contributed by atoms with Crippen LogP contribution in [-0.4, -0.2) is 41.0 Å². The van der Waals surface area contributed by atoms with Gasteiger partial charge < -0.3 is 10.2 Å². The highest BCUT2D eigenvalue weighted by Crippen LogP contribution is 2.15. The van der Waals surface area contributed by atoms with Gasteiger partial charge in [0.05, 0.1) is 0 Å². The second-order valence-electron chi connectivity index (χ2n) is 4.73. The Morgan fingerprint density at radius 2 is 2.06 bits per heavy atom. The smallest absolute Gasteiger partial charge is 0.224 e. The average Bonchev–Trinajstić information content (AvgIpc) is 2.19. The zero-order valence-electron chi connectivity index (χ0n) is 10.5. The van der Waals surface area contributed by atoms with Gasteiger partial charge in [-0.25, -0.2) is 9.97 Å². The number of nitrogens with one attached hydrogen (secondary N) is 1. The lowest BCUT2D eigenvalue weighted by molar-refractivity contribution is 0.210. The molecule has 0 atom stereocenters. The van der Waals surface area contributed by atoms with E-state index in [0.29, 0.717) is 0 Å². The number of aromatic nitrogens is 2. The van der Waals surface area contributed by atoms with E-state index in [1.54, 1.807) is 6.20 Å². The molecule has 90 valence electrons. The lowest BCUT2D eigenvalue weighted by atomic mass is 10.0. The number of hydrogen-bond acceptors (Lipinski definition) is 4. The van der Waals surface area contributed by atoms with Crippen LogP contribution < -0.4 is 5.32 Å². The summed E-state index contributed by atoms with van der Waals surface area (Å²) in [6.07, 6.45) is 1.72. The zero-order valence-corrected chi connectivity index (χ0v) is 11.3. The van der Waals surface area contributed by atoms with Crippen LogP contribution in [0.2, 0.25) is 5.28 Å². The molecule has 1 heterocycles. The molecule has 0 bridgehead atoms. The van der Waals surface area contributed by atoms with Crippen LogP contribution in [0.25, 0.3) is 0 Å². The highest BCUT2D eigenvalue weighted by Gasteiger charge is 2.20. The van der Waals surface area contributed by atoms with E-state index in [-0.39, 0.29) is 10.8 Å². The van der Waals surface area contributed by atoms with Gasteiger partial charge >= 0.3 is 0 Å². The van der Waals surface area contributed by atoms with E-state index < -0.39 is 0 Å². The summed E-state index contributed by atoms with van der Waals surface area (Å²) in [6, 6.07) is 0. The molecule has 1 rings (SSSR count). The SMILES string of the molecule is Cc1cnc(Cl)nc1NCC(C)(C)N(C)C. The number of rotatable bonds is 4. The molecule has 0 fully saturated rings. The molecule has 0 radical (unpaired) electrons. The average molecular weight is 243 g/mol.